The number of nitrogens with zero attached hydrogens (tertiary/aromatic N) is 1. The molecule has 1 heterocycles. The van der Waals surface area contributed by atoms with Crippen molar-refractivity contribution in [3.63, 3.8) is 0 Å². The van der Waals surface area contributed by atoms with E-state index in [9.17, 15) is 0 Å². The molecule has 12 heavy (non-hydrogen) atoms. The average molecular weight is 165 g/mol. The van der Waals surface area contributed by atoms with Crippen molar-refractivity contribution in [1.82, 2.24) is 0 Å². The molecule has 0 bridgehead atoms. The van der Waals surface area contributed by atoms with Crippen LogP contribution in [-0.4, -0.2) is 12.7 Å². The third kappa shape index (κ3) is 1.61. The summed E-state index contributed by atoms with van der Waals surface area (Å²) >= 11 is 0. The van der Waals surface area contributed by atoms with E-state index in [1.54, 1.807) is 0 Å². The molecule has 0 N–H and O–H groups in total. The molecule has 1 saturated heterocycles. The van der Waals surface area contributed by atoms with Crippen LogP contribution >= 0.6 is 0 Å². The van der Waals surface area contributed by atoms with E-state index >= 15 is 0 Å². The van der Waals surface area contributed by atoms with Crippen molar-refractivity contribution in [1.29, 1.82) is 5.26 Å². The van der Waals surface area contributed by atoms with Crippen molar-refractivity contribution in [3.05, 3.63) is 0 Å². The van der Waals surface area contributed by atoms with Crippen molar-refractivity contribution in [2.45, 2.75) is 44.6 Å². The van der Waals surface area contributed by atoms with Gasteiger partial charge in [0.1, 0.15) is 0 Å². The lowest BCUT2D eigenvalue weighted by Gasteiger charge is -2.29. The van der Waals surface area contributed by atoms with Crippen LogP contribution in [0.1, 0.15) is 38.5 Å². The molecule has 1 saturated carbocycles. The monoisotopic (exact) mass is 165 g/mol. The van der Waals surface area contributed by atoms with E-state index in [-0.39, 0.29) is 5.41 Å². The molecule has 1 aliphatic heterocycles. The zero-order valence-electron chi connectivity index (χ0n) is 7.38. The Morgan fingerprint density at radius 2 is 2.00 bits per heavy atom. The van der Waals surface area contributed by atoms with Crippen LogP contribution in [0.3, 0.4) is 0 Å². The van der Waals surface area contributed by atoms with E-state index in [2.05, 4.69) is 6.07 Å². The summed E-state index contributed by atoms with van der Waals surface area (Å²) in [6.45, 7) is 0.892. The van der Waals surface area contributed by atoms with Gasteiger partial charge in [0, 0.05) is 0 Å². The van der Waals surface area contributed by atoms with Gasteiger partial charge in [-0.15, -0.1) is 0 Å². The topological polar surface area (TPSA) is 36.3 Å². The first-order valence-corrected chi connectivity index (χ1v) is 4.88. The Hall–Kier alpha value is -0.550. The fourth-order valence-corrected chi connectivity index (χ4v) is 2.21. The molecule has 2 heteroatoms. The highest BCUT2D eigenvalue weighted by molar-refractivity contribution is 5.03. The molecule has 1 aliphatic carbocycles. The first-order chi connectivity index (χ1) is 5.85. The Morgan fingerprint density at radius 1 is 1.33 bits per heavy atom. The maximum Gasteiger partial charge on any atom is 0.0825 e. The number of epoxide rings is 1. The molecule has 0 unspecified atom stereocenters. The third-order valence-corrected chi connectivity index (χ3v) is 3.07. The van der Waals surface area contributed by atoms with E-state index < -0.39 is 0 Å². The SMILES string of the molecule is N#CC1(C[C@H]2CO2)CCCCC1. The summed E-state index contributed by atoms with van der Waals surface area (Å²) in [5, 5.41) is 9.11. The quantitative estimate of drug-likeness (QED) is 0.588. The van der Waals surface area contributed by atoms with E-state index in [4.69, 9.17) is 10.00 Å². The molecule has 0 radical (unpaired) electrons. The lowest BCUT2D eigenvalue weighted by Crippen LogP contribution is -2.24. The van der Waals surface area contributed by atoms with Crippen LogP contribution < -0.4 is 0 Å². The van der Waals surface area contributed by atoms with Gasteiger partial charge in [0.25, 0.3) is 0 Å². The van der Waals surface area contributed by atoms with Gasteiger partial charge in [0.2, 0.25) is 0 Å². The second-order valence-corrected chi connectivity index (χ2v) is 4.11. The van der Waals surface area contributed by atoms with Gasteiger partial charge in [-0.1, -0.05) is 19.3 Å². The number of hydrogen-bond acceptors (Lipinski definition) is 2. The van der Waals surface area contributed by atoms with Crippen LogP contribution in [-0.2, 0) is 4.74 Å². The zero-order chi connectivity index (χ0) is 8.44. The van der Waals surface area contributed by atoms with Gasteiger partial charge in [-0.25, -0.2) is 0 Å². The summed E-state index contributed by atoms with van der Waals surface area (Å²) in [4.78, 5) is 0. The lowest BCUT2D eigenvalue weighted by atomic mass is 9.72. The van der Waals surface area contributed by atoms with Gasteiger partial charge < -0.3 is 4.74 Å². The highest BCUT2D eigenvalue weighted by Crippen LogP contribution is 2.41. The van der Waals surface area contributed by atoms with Crippen LogP contribution in [0.2, 0.25) is 0 Å². The Labute approximate surface area is 73.5 Å². The maximum absolute atomic E-state index is 9.11. The lowest BCUT2D eigenvalue weighted by molar-refractivity contribution is 0.221. The van der Waals surface area contributed by atoms with Crippen molar-refractivity contribution in [2.24, 2.45) is 5.41 Å². The van der Waals surface area contributed by atoms with Crippen molar-refractivity contribution in [2.75, 3.05) is 6.61 Å². The predicted molar refractivity (Wildman–Crippen MR) is 45.5 cm³/mol. The number of hydrogen-bond donors (Lipinski definition) is 0. The normalized spacial score (nSPS) is 32.4. The van der Waals surface area contributed by atoms with E-state index in [1.807, 2.05) is 0 Å². The Kier molecular flexibility index (Phi) is 2.06. The molecular formula is C10H15NO. The number of rotatable bonds is 2. The molecule has 0 aromatic rings. The van der Waals surface area contributed by atoms with Gasteiger partial charge in [0.15, 0.2) is 0 Å². The molecule has 0 aromatic carbocycles. The van der Waals surface area contributed by atoms with Crippen molar-refractivity contribution < 1.29 is 4.74 Å². The second-order valence-electron chi connectivity index (χ2n) is 4.11. The summed E-state index contributed by atoms with van der Waals surface area (Å²) in [5.41, 5.74) is -0.0145. The Morgan fingerprint density at radius 3 is 2.50 bits per heavy atom. The molecule has 2 rings (SSSR count). The minimum Gasteiger partial charge on any atom is -0.373 e. The highest BCUT2D eigenvalue weighted by Gasteiger charge is 2.38. The smallest absolute Gasteiger partial charge is 0.0825 e. The fraction of sp³-hybridized carbons (Fsp3) is 0.900. The Balaban J connectivity index is 1.96. The van der Waals surface area contributed by atoms with Gasteiger partial charge >= 0.3 is 0 Å². The van der Waals surface area contributed by atoms with Crippen LogP contribution in [0.4, 0.5) is 0 Å². The molecule has 2 nitrogen and oxygen atoms in total. The summed E-state index contributed by atoms with van der Waals surface area (Å²) in [7, 11) is 0. The molecule has 0 aromatic heterocycles. The minimum absolute atomic E-state index is 0.0145. The first-order valence-electron chi connectivity index (χ1n) is 4.88. The predicted octanol–water partition coefficient (Wildman–Crippen LogP) is 2.25. The molecule has 2 fully saturated rings. The largest absolute Gasteiger partial charge is 0.373 e. The van der Waals surface area contributed by atoms with Gasteiger partial charge in [-0.05, 0) is 19.3 Å². The van der Waals surface area contributed by atoms with Crippen LogP contribution in [0.15, 0.2) is 0 Å². The maximum atomic E-state index is 9.11. The highest BCUT2D eigenvalue weighted by atomic mass is 16.6. The van der Waals surface area contributed by atoms with Crippen molar-refractivity contribution >= 4 is 0 Å². The van der Waals surface area contributed by atoms with Crippen LogP contribution in [0.25, 0.3) is 0 Å². The van der Waals surface area contributed by atoms with Gasteiger partial charge in [-0.2, -0.15) is 5.26 Å². The minimum atomic E-state index is -0.0145. The van der Waals surface area contributed by atoms with Crippen LogP contribution in [0, 0.1) is 16.7 Å². The van der Waals surface area contributed by atoms with Gasteiger partial charge in [-0.3, -0.25) is 0 Å². The molecular weight excluding hydrogens is 150 g/mol. The number of nitriles is 1. The summed E-state index contributed by atoms with van der Waals surface area (Å²) in [6.07, 6.45) is 7.40. The summed E-state index contributed by atoms with van der Waals surface area (Å²) in [6, 6.07) is 2.51. The van der Waals surface area contributed by atoms with E-state index in [1.165, 1.54) is 19.3 Å². The first kappa shape index (κ1) is 8.07. The summed E-state index contributed by atoms with van der Waals surface area (Å²) in [5.74, 6) is 0. The molecule has 2 aliphatic rings. The summed E-state index contributed by atoms with van der Waals surface area (Å²) < 4.78 is 5.19. The third-order valence-electron chi connectivity index (χ3n) is 3.07. The Bertz CT molecular complexity index is 196. The number of ether oxygens (including phenoxy) is 1. The average Bonchev–Trinajstić information content (AvgIpc) is 2.90. The van der Waals surface area contributed by atoms with Crippen LogP contribution in [0.5, 0.6) is 0 Å². The molecule has 0 spiro atoms. The zero-order valence-corrected chi connectivity index (χ0v) is 7.38. The van der Waals surface area contributed by atoms with Gasteiger partial charge in [0.05, 0.1) is 24.2 Å². The molecule has 0 amide bonds. The van der Waals surface area contributed by atoms with Crippen molar-refractivity contribution in [3.8, 4) is 6.07 Å². The molecule has 66 valence electrons. The standard InChI is InChI=1S/C10H15NO/c11-8-10(6-9-7-12-9)4-2-1-3-5-10/h9H,1-7H2/t9-/m0/s1. The second kappa shape index (κ2) is 3.06. The molecule has 1 atom stereocenters. The van der Waals surface area contributed by atoms with E-state index in [0.717, 1.165) is 25.9 Å². The fourth-order valence-electron chi connectivity index (χ4n) is 2.21. The van der Waals surface area contributed by atoms with E-state index in [0.29, 0.717) is 6.10 Å².